The molecule has 10 heteroatoms. The molecule has 0 spiro atoms. The molecule has 6 nitrogen and oxygen atoms in total. The lowest BCUT2D eigenvalue weighted by Crippen LogP contribution is -2.49. The molecule has 1 N–H and O–H groups in total. The average molecular weight is 547 g/mol. The van der Waals surface area contributed by atoms with E-state index in [-0.39, 0.29) is 18.2 Å². The minimum Gasteiger partial charge on any atom is -0.438 e. The van der Waals surface area contributed by atoms with Gasteiger partial charge in [-0.15, -0.1) is 0 Å². The molecule has 202 valence electrons. The first-order valence-corrected chi connectivity index (χ1v) is 14.1. The highest BCUT2D eigenvalue weighted by Crippen LogP contribution is 2.40. The number of benzene rings is 3. The van der Waals surface area contributed by atoms with E-state index in [9.17, 15) is 26.4 Å². The van der Waals surface area contributed by atoms with Crippen molar-refractivity contribution in [2.24, 2.45) is 0 Å². The van der Waals surface area contributed by atoms with Crippen LogP contribution in [0.25, 0.3) is 11.1 Å². The van der Waals surface area contributed by atoms with Crippen molar-refractivity contribution in [3.63, 3.8) is 0 Å². The molecule has 0 aromatic heterocycles. The van der Waals surface area contributed by atoms with Crippen LogP contribution in [0.15, 0.2) is 66.7 Å². The van der Waals surface area contributed by atoms with E-state index >= 15 is 0 Å². The van der Waals surface area contributed by atoms with Crippen LogP contribution < -0.4 is 4.72 Å². The number of nitrogens with zero attached hydrogens (tertiary/aromatic N) is 1. The smallest absolute Gasteiger partial charge is 0.411 e. The average Bonchev–Trinajstić information content (AvgIpc) is 2.86. The van der Waals surface area contributed by atoms with E-state index in [1.165, 1.54) is 24.3 Å². The summed E-state index contributed by atoms with van der Waals surface area (Å²) < 4.78 is 72.3. The number of hydrogen-bond acceptors (Lipinski definition) is 4. The van der Waals surface area contributed by atoms with Gasteiger partial charge in [0.05, 0.1) is 12.3 Å². The highest BCUT2D eigenvalue weighted by molar-refractivity contribution is 7.88. The van der Waals surface area contributed by atoms with Gasteiger partial charge in [-0.1, -0.05) is 36.4 Å². The zero-order valence-corrected chi connectivity index (χ0v) is 21.9. The fourth-order valence-electron chi connectivity index (χ4n) is 4.77. The molecule has 2 atom stereocenters. The first-order valence-electron chi connectivity index (χ1n) is 12.2. The molecular formula is C28H29F3N2O4S. The van der Waals surface area contributed by atoms with Crippen LogP contribution in [0.4, 0.5) is 18.0 Å². The molecule has 1 aliphatic rings. The Hall–Kier alpha value is -3.37. The Morgan fingerprint density at radius 1 is 1.00 bits per heavy atom. The van der Waals surface area contributed by atoms with Crippen LogP contribution in [-0.4, -0.2) is 38.8 Å². The third-order valence-corrected chi connectivity index (χ3v) is 7.60. The van der Waals surface area contributed by atoms with Crippen molar-refractivity contribution in [1.82, 2.24) is 9.62 Å². The summed E-state index contributed by atoms with van der Waals surface area (Å²) in [5, 5.41) is 0. The number of carbonyl (C=O) groups is 1. The number of hydrogen-bond donors (Lipinski definition) is 1. The lowest BCUT2D eigenvalue weighted by atomic mass is 9.84. The van der Waals surface area contributed by atoms with Gasteiger partial charge in [0.1, 0.15) is 23.1 Å². The topological polar surface area (TPSA) is 75.7 Å². The SMILES string of the molecule is C[C@@H](c1ccc(-c2ccc(F)cc2F)cc1)N1CC[C@@](CCCNS(C)(=O)=O)(c2ccc(F)cc2)OC1=O. The van der Waals surface area contributed by atoms with Crippen molar-refractivity contribution in [3.05, 3.63) is 95.3 Å². The van der Waals surface area contributed by atoms with Gasteiger partial charge in [0.25, 0.3) is 0 Å². The Kier molecular flexibility index (Phi) is 8.13. The molecule has 1 heterocycles. The summed E-state index contributed by atoms with van der Waals surface area (Å²) >= 11 is 0. The van der Waals surface area contributed by atoms with Crippen molar-refractivity contribution < 1.29 is 31.1 Å². The van der Waals surface area contributed by atoms with E-state index in [1.807, 2.05) is 6.92 Å². The predicted molar refractivity (Wildman–Crippen MR) is 138 cm³/mol. The third kappa shape index (κ3) is 6.36. The van der Waals surface area contributed by atoms with E-state index < -0.39 is 39.2 Å². The molecule has 3 aromatic rings. The summed E-state index contributed by atoms with van der Waals surface area (Å²) in [6.07, 6.45) is 1.72. The molecule has 0 saturated carbocycles. The summed E-state index contributed by atoms with van der Waals surface area (Å²) in [6, 6.07) is 15.8. The number of sulfonamides is 1. The maximum Gasteiger partial charge on any atom is 0.411 e. The van der Waals surface area contributed by atoms with E-state index in [0.717, 1.165) is 17.9 Å². The van der Waals surface area contributed by atoms with Crippen molar-refractivity contribution in [3.8, 4) is 11.1 Å². The summed E-state index contributed by atoms with van der Waals surface area (Å²) in [6.45, 7) is 2.39. The van der Waals surface area contributed by atoms with Crippen molar-refractivity contribution >= 4 is 16.1 Å². The fourth-order valence-corrected chi connectivity index (χ4v) is 5.29. The van der Waals surface area contributed by atoms with Gasteiger partial charge in [-0.2, -0.15) is 0 Å². The summed E-state index contributed by atoms with van der Waals surface area (Å²) in [5.74, 6) is -1.72. The van der Waals surface area contributed by atoms with Gasteiger partial charge in [-0.25, -0.2) is 31.1 Å². The normalized spacial score (nSPS) is 18.8. The molecule has 1 aliphatic heterocycles. The predicted octanol–water partition coefficient (Wildman–Crippen LogP) is 5.90. The molecule has 1 amide bonds. The van der Waals surface area contributed by atoms with Crippen molar-refractivity contribution in [1.29, 1.82) is 0 Å². The van der Waals surface area contributed by atoms with Gasteiger partial charge in [0, 0.05) is 31.1 Å². The molecule has 0 radical (unpaired) electrons. The van der Waals surface area contributed by atoms with Gasteiger partial charge in [-0.3, -0.25) is 0 Å². The summed E-state index contributed by atoms with van der Waals surface area (Å²) in [5.41, 5.74) is 1.28. The second kappa shape index (κ2) is 11.2. The molecule has 0 aliphatic carbocycles. The highest BCUT2D eigenvalue weighted by atomic mass is 32.2. The maximum atomic E-state index is 14.2. The standard InChI is InChI=1S/C28H29F3N2O4S/c1-19(20-4-6-21(7-5-20)25-13-12-24(30)18-26(25)31)33-17-15-28(37-27(33)34,14-3-16-32-38(2,35)36)22-8-10-23(29)11-9-22/h4-13,18-19,32H,3,14-17H2,1-2H3/t19-,28-/m0/s1. The second-order valence-electron chi connectivity index (χ2n) is 9.50. The first kappa shape index (κ1) is 27.7. The largest absolute Gasteiger partial charge is 0.438 e. The maximum absolute atomic E-state index is 14.2. The Morgan fingerprint density at radius 3 is 2.26 bits per heavy atom. The van der Waals surface area contributed by atoms with Crippen LogP contribution in [0, 0.1) is 17.5 Å². The van der Waals surface area contributed by atoms with Crippen LogP contribution >= 0.6 is 0 Å². The Labute approximate surface area is 220 Å². The van der Waals surface area contributed by atoms with Crippen LogP contribution in [-0.2, 0) is 20.4 Å². The number of rotatable bonds is 9. The Balaban J connectivity index is 1.50. The van der Waals surface area contributed by atoms with Crippen molar-refractivity contribution in [2.45, 2.75) is 37.8 Å². The molecule has 0 unspecified atom stereocenters. The number of carbonyl (C=O) groups excluding carboxylic acids is 1. The zero-order chi connectivity index (χ0) is 27.5. The number of halogens is 3. The van der Waals surface area contributed by atoms with Crippen LogP contribution in [0.1, 0.15) is 43.4 Å². The lowest BCUT2D eigenvalue weighted by molar-refractivity contribution is -0.0662. The Morgan fingerprint density at radius 2 is 1.66 bits per heavy atom. The zero-order valence-electron chi connectivity index (χ0n) is 21.1. The molecule has 3 aromatic carbocycles. The molecule has 38 heavy (non-hydrogen) atoms. The van der Waals surface area contributed by atoms with Gasteiger partial charge < -0.3 is 9.64 Å². The van der Waals surface area contributed by atoms with E-state index in [0.29, 0.717) is 36.9 Å². The minimum atomic E-state index is -3.36. The quantitative estimate of drug-likeness (QED) is 0.339. The second-order valence-corrected chi connectivity index (χ2v) is 11.3. The molecule has 0 bridgehead atoms. The number of cyclic esters (lactones) is 1. The lowest BCUT2D eigenvalue weighted by Gasteiger charge is -2.43. The molecular weight excluding hydrogens is 517 g/mol. The first-order chi connectivity index (χ1) is 18.0. The van der Waals surface area contributed by atoms with Gasteiger partial charge in [0.2, 0.25) is 10.0 Å². The molecule has 1 fully saturated rings. The fraction of sp³-hybridized carbons (Fsp3) is 0.321. The van der Waals surface area contributed by atoms with Gasteiger partial charge in [0.15, 0.2) is 0 Å². The highest BCUT2D eigenvalue weighted by Gasteiger charge is 2.43. The number of ether oxygens (including phenoxy) is 1. The van der Waals surface area contributed by atoms with E-state index in [2.05, 4.69) is 4.72 Å². The Bertz CT molecular complexity index is 1400. The van der Waals surface area contributed by atoms with Gasteiger partial charge >= 0.3 is 6.09 Å². The summed E-state index contributed by atoms with van der Waals surface area (Å²) in [7, 11) is -3.36. The number of amides is 1. The van der Waals surface area contributed by atoms with Crippen LogP contribution in [0.2, 0.25) is 0 Å². The summed E-state index contributed by atoms with van der Waals surface area (Å²) in [4.78, 5) is 14.8. The van der Waals surface area contributed by atoms with Crippen LogP contribution in [0.3, 0.4) is 0 Å². The van der Waals surface area contributed by atoms with Crippen LogP contribution in [0.5, 0.6) is 0 Å². The van der Waals surface area contributed by atoms with E-state index in [1.54, 1.807) is 41.3 Å². The van der Waals surface area contributed by atoms with Crippen molar-refractivity contribution in [2.75, 3.05) is 19.3 Å². The minimum absolute atomic E-state index is 0.181. The third-order valence-electron chi connectivity index (χ3n) is 6.87. The van der Waals surface area contributed by atoms with Gasteiger partial charge in [-0.05, 0) is 60.7 Å². The molecule has 4 rings (SSSR count). The monoisotopic (exact) mass is 546 g/mol. The van der Waals surface area contributed by atoms with E-state index in [4.69, 9.17) is 4.74 Å². The molecule has 1 saturated heterocycles. The number of nitrogens with one attached hydrogen (secondary N) is 1.